The Balaban J connectivity index is 1.44. The highest BCUT2D eigenvalue weighted by Gasteiger charge is 2.18. The van der Waals surface area contributed by atoms with Gasteiger partial charge >= 0.3 is 0 Å². The Morgan fingerprint density at radius 1 is 1.40 bits per heavy atom. The summed E-state index contributed by atoms with van der Waals surface area (Å²) in [6.07, 6.45) is 8.11. The number of pyridine rings is 2. The van der Waals surface area contributed by atoms with Gasteiger partial charge in [-0.3, -0.25) is 9.78 Å². The van der Waals surface area contributed by atoms with E-state index >= 15 is 0 Å². The lowest BCUT2D eigenvalue weighted by Crippen LogP contribution is -2.25. The van der Waals surface area contributed by atoms with Gasteiger partial charge in [0, 0.05) is 37.2 Å². The number of hydrogen-bond donors (Lipinski definition) is 2. The van der Waals surface area contributed by atoms with E-state index < -0.39 is 0 Å². The van der Waals surface area contributed by atoms with Crippen LogP contribution in [-0.2, 0) is 6.54 Å². The molecule has 7 nitrogen and oxygen atoms in total. The van der Waals surface area contributed by atoms with Crippen molar-refractivity contribution in [1.82, 2.24) is 25.0 Å². The van der Waals surface area contributed by atoms with E-state index in [4.69, 9.17) is 4.74 Å². The number of nitrogens with zero attached hydrogens (tertiary/aromatic N) is 3. The molecule has 25 heavy (non-hydrogen) atoms. The number of imidazole rings is 1. The predicted molar refractivity (Wildman–Crippen MR) is 92.5 cm³/mol. The number of ether oxygens (including phenoxy) is 1. The van der Waals surface area contributed by atoms with E-state index in [0.29, 0.717) is 18.0 Å². The van der Waals surface area contributed by atoms with E-state index in [9.17, 15) is 4.79 Å². The van der Waals surface area contributed by atoms with Crippen LogP contribution in [0.2, 0.25) is 0 Å². The first-order chi connectivity index (χ1) is 12.3. The van der Waals surface area contributed by atoms with E-state index in [1.54, 1.807) is 18.6 Å². The number of nitrogens with one attached hydrogen (secondary N) is 2. The third-order valence-corrected chi connectivity index (χ3v) is 4.21. The fourth-order valence-electron chi connectivity index (χ4n) is 2.88. The first-order valence-electron chi connectivity index (χ1n) is 8.32. The highest BCUT2D eigenvalue weighted by atomic mass is 16.5. The fraction of sp³-hybridized carbons (Fsp3) is 0.278. The van der Waals surface area contributed by atoms with E-state index in [-0.39, 0.29) is 12.0 Å². The maximum absolute atomic E-state index is 12.4. The molecule has 3 aromatic rings. The molecule has 1 aliphatic heterocycles. The Bertz CT molecular complexity index is 853. The molecular formula is C18H19N5O2. The van der Waals surface area contributed by atoms with Gasteiger partial charge in [-0.15, -0.1) is 0 Å². The van der Waals surface area contributed by atoms with Crippen LogP contribution in [0.1, 0.15) is 22.5 Å². The average Bonchev–Trinajstić information content (AvgIpc) is 3.30. The molecule has 4 rings (SSSR count). The van der Waals surface area contributed by atoms with Crippen LogP contribution < -0.4 is 15.4 Å². The van der Waals surface area contributed by atoms with Gasteiger partial charge in [-0.1, -0.05) is 6.07 Å². The van der Waals surface area contributed by atoms with Crippen LogP contribution >= 0.6 is 0 Å². The monoisotopic (exact) mass is 337 g/mol. The summed E-state index contributed by atoms with van der Waals surface area (Å²) in [6.45, 7) is 2.16. The Labute approximate surface area is 145 Å². The third-order valence-electron chi connectivity index (χ3n) is 4.21. The molecule has 4 heterocycles. The van der Waals surface area contributed by atoms with Gasteiger partial charge in [0.25, 0.3) is 5.91 Å². The molecule has 7 heteroatoms. The number of hydrogen-bond acceptors (Lipinski definition) is 5. The largest absolute Gasteiger partial charge is 0.487 e. The van der Waals surface area contributed by atoms with E-state index in [1.807, 2.05) is 34.9 Å². The Morgan fingerprint density at radius 2 is 2.36 bits per heavy atom. The molecule has 1 amide bonds. The molecule has 0 bridgehead atoms. The van der Waals surface area contributed by atoms with E-state index in [1.165, 1.54) is 0 Å². The van der Waals surface area contributed by atoms with Crippen molar-refractivity contribution < 1.29 is 9.53 Å². The van der Waals surface area contributed by atoms with Crippen molar-refractivity contribution in [1.29, 1.82) is 0 Å². The first-order valence-corrected chi connectivity index (χ1v) is 8.32. The second kappa shape index (κ2) is 6.90. The quantitative estimate of drug-likeness (QED) is 0.736. The second-order valence-electron chi connectivity index (χ2n) is 5.99. The summed E-state index contributed by atoms with van der Waals surface area (Å²) >= 11 is 0. The van der Waals surface area contributed by atoms with Crippen LogP contribution in [-0.4, -0.2) is 39.5 Å². The highest BCUT2D eigenvalue weighted by Crippen LogP contribution is 2.19. The van der Waals surface area contributed by atoms with Crippen LogP contribution in [0.25, 0.3) is 5.65 Å². The molecule has 0 aliphatic carbocycles. The van der Waals surface area contributed by atoms with Crippen molar-refractivity contribution in [2.24, 2.45) is 0 Å². The number of aromatic nitrogens is 3. The summed E-state index contributed by atoms with van der Waals surface area (Å²) in [4.78, 5) is 20.8. The molecule has 2 N–H and O–H groups in total. The van der Waals surface area contributed by atoms with Crippen molar-refractivity contribution in [3.8, 4) is 5.75 Å². The summed E-state index contributed by atoms with van der Waals surface area (Å²) in [5, 5.41) is 6.17. The van der Waals surface area contributed by atoms with Crippen LogP contribution in [0.4, 0.5) is 0 Å². The lowest BCUT2D eigenvalue weighted by Gasteiger charge is -2.15. The van der Waals surface area contributed by atoms with Gasteiger partial charge in [0.05, 0.1) is 6.20 Å². The molecule has 0 radical (unpaired) electrons. The molecular weight excluding hydrogens is 318 g/mol. The van der Waals surface area contributed by atoms with Gasteiger partial charge in [0.2, 0.25) is 0 Å². The summed E-state index contributed by atoms with van der Waals surface area (Å²) in [6, 6.07) is 7.51. The van der Waals surface area contributed by atoms with E-state index in [2.05, 4.69) is 20.6 Å². The molecule has 0 saturated carbocycles. The van der Waals surface area contributed by atoms with Crippen molar-refractivity contribution >= 4 is 11.6 Å². The zero-order valence-electron chi connectivity index (χ0n) is 13.7. The van der Waals surface area contributed by atoms with Gasteiger partial charge in [-0.05, 0) is 31.2 Å². The van der Waals surface area contributed by atoms with Crippen molar-refractivity contribution in [2.75, 3.05) is 13.1 Å². The number of rotatable bonds is 5. The van der Waals surface area contributed by atoms with Gasteiger partial charge in [0.15, 0.2) is 0 Å². The Kier molecular flexibility index (Phi) is 4.30. The molecule has 1 aliphatic rings. The number of carbonyl (C=O) groups is 1. The van der Waals surface area contributed by atoms with Crippen molar-refractivity contribution in [3.05, 3.63) is 60.3 Å². The summed E-state index contributed by atoms with van der Waals surface area (Å²) in [5.41, 5.74) is 2.04. The molecule has 1 atom stereocenters. The molecule has 1 fully saturated rings. The van der Waals surface area contributed by atoms with Crippen LogP contribution in [0.15, 0.2) is 49.1 Å². The number of fused-ring (bicyclic) bond motifs is 1. The van der Waals surface area contributed by atoms with Crippen LogP contribution in [0.3, 0.4) is 0 Å². The fourth-order valence-corrected chi connectivity index (χ4v) is 2.88. The summed E-state index contributed by atoms with van der Waals surface area (Å²) < 4.78 is 7.82. The SMILES string of the molecule is O=C(NCc1ccncc1O[C@H]1CCNC1)c1cn2ccccc2n1. The van der Waals surface area contributed by atoms with Gasteiger partial charge < -0.3 is 19.8 Å². The molecule has 128 valence electrons. The topological polar surface area (TPSA) is 80.5 Å². The number of amides is 1. The van der Waals surface area contributed by atoms with Crippen molar-refractivity contribution in [3.63, 3.8) is 0 Å². The minimum Gasteiger partial charge on any atom is -0.487 e. The lowest BCUT2D eigenvalue weighted by molar-refractivity contribution is 0.0946. The summed E-state index contributed by atoms with van der Waals surface area (Å²) in [5.74, 6) is 0.500. The van der Waals surface area contributed by atoms with Gasteiger partial charge in [-0.25, -0.2) is 4.98 Å². The molecule has 0 spiro atoms. The van der Waals surface area contributed by atoms with Crippen LogP contribution in [0, 0.1) is 0 Å². The second-order valence-corrected chi connectivity index (χ2v) is 5.99. The lowest BCUT2D eigenvalue weighted by atomic mass is 10.2. The Morgan fingerprint density at radius 3 is 3.20 bits per heavy atom. The predicted octanol–water partition coefficient (Wildman–Crippen LogP) is 1.40. The van der Waals surface area contributed by atoms with Gasteiger partial charge in [-0.2, -0.15) is 0 Å². The normalized spacial score (nSPS) is 16.9. The van der Waals surface area contributed by atoms with E-state index in [0.717, 1.165) is 30.7 Å². The minimum absolute atomic E-state index is 0.150. The van der Waals surface area contributed by atoms with Crippen molar-refractivity contribution in [2.45, 2.75) is 19.1 Å². The standard InChI is InChI=1S/C18H19N5O2/c24-18(15-12-23-8-2-1-3-17(23)22-15)21-9-13-4-6-20-11-16(13)25-14-5-7-19-10-14/h1-4,6,8,11-12,14,19H,5,7,9-10H2,(H,21,24)/t14-/m0/s1. The molecule has 1 saturated heterocycles. The molecule has 0 aromatic carbocycles. The van der Waals surface area contributed by atoms with Crippen LogP contribution in [0.5, 0.6) is 5.75 Å². The smallest absolute Gasteiger partial charge is 0.271 e. The maximum atomic E-state index is 12.4. The Hall–Kier alpha value is -2.93. The summed E-state index contributed by atoms with van der Waals surface area (Å²) in [7, 11) is 0. The van der Waals surface area contributed by atoms with Gasteiger partial charge in [0.1, 0.15) is 23.2 Å². The maximum Gasteiger partial charge on any atom is 0.271 e. The number of carbonyl (C=O) groups excluding carboxylic acids is 1. The molecule has 3 aromatic heterocycles. The average molecular weight is 337 g/mol. The first kappa shape index (κ1) is 15.6. The highest BCUT2D eigenvalue weighted by molar-refractivity contribution is 5.92. The third kappa shape index (κ3) is 3.46. The zero-order chi connectivity index (χ0) is 17.1. The molecule has 0 unspecified atom stereocenters. The minimum atomic E-state index is -0.214. The zero-order valence-corrected chi connectivity index (χ0v) is 13.7.